The number of nitrogens with zero attached hydrogens (tertiary/aromatic N) is 2. The van der Waals surface area contributed by atoms with Gasteiger partial charge in [0.05, 0.1) is 23.6 Å². The van der Waals surface area contributed by atoms with E-state index in [1.54, 1.807) is 12.1 Å². The molecule has 28 heavy (non-hydrogen) atoms. The number of halogens is 3. The summed E-state index contributed by atoms with van der Waals surface area (Å²) in [6.45, 7) is 0.0595. The van der Waals surface area contributed by atoms with Gasteiger partial charge in [-0.3, -0.25) is 9.59 Å². The quantitative estimate of drug-likeness (QED) is 0.613. The van der Waals surface area contributed by atoms with E-state index in [4.69, 9.17) is 5.11 Å². The van der Waals surface area contributed by atoms with Crippen LogP contribution in [0.2, 0.25) is 0 Å². The molecule has 1 aliphatic rings. The third-order valence-electron chi connectivity index (χ3n) is 4.62. The van der Waals surface area contributed by atoms with Gasteiger partial charge in [-0.1, -0.05) is 15.9 Å². The van der Waals surface area contributed by atoms with E-state index in [1.165, 1.54) is 22.3 Å². The highest BCUT2D eigenvalue weighted by Crippen LogP contribution is 2.36. The molecule has 5 nitrogen and oxygen atoms in total. The van der Waals surface area contributed by atoms with Crippen LogP contribution >= 0.6 is 27.3 Å². The van der Waals surface area contributed by atoms with E-state index in [0.29, 0.717) is 21.8 Å². The fourth-order valence-electron chi connectivity index (χ4n) is 3.39. The Labute approximate surface area is 170 Å². The van der Waals surface area contributed by atoms with Gasteiger partial charge in [0.15, 0.2) is 11.6 Å². The van der Waals surface area contributed by atoms with Crippen LogP contribution in [0.15, 0.2) is 34.8 Å². The van der Waals surface area contributed by atoms with Gasteiger partial charge in [0.2, 0.25) is 5.91 Å². The summed E-state index contributed by atoms with van der Waals surface area (Å²) in [5, 5.41) is 9.59. The van der Waals surface area contributed by atoms with E-state index in [-0.39, 0.29) is 24.4 Å². The van der Waals surface area contributed by atoms with Gasteiger partial charge in [-0.25, -0.2) is 13.8 Å². The second-order valence-electron chi connectivity index (χ2n) is 6.51. The SMILES string of the molecule is O=C(O)CC1Cc2cc(Br)ccc2N(Cc2nc3c(F)c(F)ccc3s2)C1=O. The Morgan fingerprint density at radius 1 is 1.32 bits per heavy atom. The minimum atomic E-state index is -1.05. The Kier molecular flexibility index (Phi) is 4.88. The van der Waals surface area contributed by atoms with Crippen molar-refractivity contribution in [1.29, 1.82) is 0 Å². The molecule has 0 fully saturated rings. The number of carbonyl (C=O) groups is 2. The largest absolute Gasteiger partial charge is 0.481 e. The van der Waals surface area contributed by atoms with Crippen molar-refractivity contribution < 1.29 is 23.5 Å². The molecule has 3 aromatic rings. The summed E-state index contributed by atoms with van der Waals surface area (Å²) in [6, 6.07) is 7.93. The number of aromatic nitrogens is 1. The van der Waals surface area contributed by atoms with Crippen molar-refractivity contribution in [3.8, 4) is 0 Å². The van der Waals surface area contributed by atoms with Crippen molar-refractivity contribution in [3.63, 3.8) is 0 Å². The first-order chi connectivity index (χ1) is 13.3. The number of aliphatic carboxylic acids is 1. The average Bonchev–Trinajstić information content (AvgIpc) is 3.05. The van der Waals surface area contributed by atoms with Crippen LogP contribution in [0.3, 0.4) is 0 Å². The first kappa shape index (κ1) is 18.9. The molecule has 2 aromatic carbocycles. The van der Waals surface area contributed by atoms with Gasteiger partial charge >= 0.3 is 5.97 Å². The molecular weight excluding hydrogens is 454 g/mol. The van der Waals surface area contributed by atoms with Crippen LogP contribution in [0.1, 0.15) is 17.0 Å². The highest BCUT2D eigenvalue weighted by Gasteiger charge is 2.34. The van der Waals surface area contributed by atoms with Gasteiger partial charge in [-0.15, -0.1) is 11.3 Å². The summed E-state index contributed by atoms with van der Waals surface area (Å²) < 4.78 is 28.7. The summed E-state index contributed by atoms with van der Waals surface area (Å²) in [5.41, 5.74) is 1.45. The molecule has 1 aromatic heterocycles. The molecule has 4 rings (SSSR count). The van der Waals surface area contributed by atoms with Gasteiger partial charge in [0, 0.05) is 10.2 Å². The number of hydrogen-bond acceptors (Lipinski definition) is 4. The highest BCUT2D eigenvalue weighted by molar-refractivity contribution is 9.10. The van der Waals surface area contributed by atoms with Crippen LogP contribution in [0.5, 0.6) is 0 Å². The molecule has 144 valence electrons. The zero-order chi connectivity index (χ0) is 20.0. The third kappa shape index (κ3) is 3.40. The molecule has 9 heteroatoms. The lowest BCUT2D eigenvalue weighted by atomic mass is 9.89. The molecular formula is C19H13BrF2N2O3S. The minimum absolute atomic E-state index is 0.0595. The first-order valence-corrected chi connectivity index (χ1v) is 9.99. The second-order valence-corrected chi connectivity index (χ2v) is 8.54. The van der Waals surface area contributed by atoms with Crippen LogP contribution in [-0.4, -0.2) is 22.0 Å². The van der Waals surface area contributed by atoms with Crippen LogP contribution in [0.25, 0.3) is 10.2 Å². The standard InChI is InChI=1S/C19H13BrF2N2O3S/c20-11-1-3-13-9(6-11)5-10(7-16(25)26)19(27)24(13)8-15-23-18-14(28-15)4-2-12(21)17(18)22/h1-4,6,10H,5,7-8H2,(H,25,26). The van der Waals surface area contributed by atoms with Crippen molar-refractivity contribution >= 4 is 55.0 Å². The van der Waals surface area contributed by atoms with Crippen molar-refractivity contribution in [2.24, 2.45) is 5.92 Å². The predicted molar refractivity (Wildman–Crippen MR) is 104 cm³/mol. The first-order valence-electron chi connectivity index (χ1n) is 8.38. The van der Waals surface area contributed by atoms with Crippen LogP contribution in [-0.2, 0) is 22.6 Å². The Morgan fingerprint density at radius 2 is 2.11 bits per heavy atom. The lowest BCUT2D eigenvalue weighted by Crippen LogP contribution is -2.41. The minimum Gasteiger partial charge on any atom is -0.481 e. The van der Waals surface area contributed by atoms with Gasteiger partial charge in [0.1, 0.15) is 10.5 Å². The van der Waals surface area contributed by atoms with Crippen LogP contribution < -0.4 is 4.90 Å². The van der Waals surface area contributed by atoms with Crippen LogP contribution in [0.4, 0.5) is 14.5 Å². The van der Waals surface area contributed by atoms with Gasteiger partial charge < -0.3 is 10.0 Å². The monoisotopic (exact) mass is 466 g/mol. The van der Waals surface area contributed by atoms with Gasteiger partial charge in [0.25, 0.3) is 0 Å². The number of fused-ring (bicyclic) bond motifs is 2. The van der Waals surface area contributed by atoms with Crippen molar-refractivity contribution in [3.05, 3.63) is 57.0 Å². The van der Waals surface area contributed by atoms with E-state index in [2.05, 4.69) is 20.9 Å². The molecule has 0 spiro atoms. The maximum atomic E-state index is 14.0. The number of carboxylic acid groups (broad SMARTS) is 1. The molecule has 1 aliphatic heterocycles. The van der Waals surface area contributed by atoms with Gasteiger partial charge in [-0.2, -0.15) is 0 Å². The lowest BCUT2D eigenvalue weighted by molar-refractivity contribution is -0.140. The fourth-order valence-corrected chi connectivity index (χ4v) is 4.75. The van der Waals surface area contributed by atoms with E-state index in [9.17, 15) is 18.4 Å². The summed E-state index contributed by atoms with van der Waals surface area (Å²) in [4.78, 5) is 29.8. The summed E-state index contributed by atoms with van der Waals surface area (Å²) in [6.07, 6.45) is 0.0526. The molecule has 2 heterocycles. The van der Waals surface area contributed by atoms with Gasteiger partial charge in [-0.05, 0) is 42.3 Å². The molecule has 0 saturated carbocycles. The topological polar surface area (TPSA) is 70.5 Å². The molecule has 0 aliphatic carbocycles. The lowest BCUT2D eigenvalue weighted by Gasteiger charge is -2.33. The van der Waals surface area contributed by atoms with E-state index in [0.717, 1.165) is 16.1 Å². The van der Waals surface area contributed by atoms with E-state index < -0.39 is 23.5 Å². The number of benzene rings is 2. The smallest absolute Gasteiger partial charge is 0.304 e. The fraction of sp³-hybridized carbons (Fsp3) is 0.211. The van der Waals surface area contributed by atoms with Crippen molar-refractivity contribution in [2.75, 3.05) is 4.90 Å². The molecule has 0 radical (unpaired) electrons. The molecule has 1 atom stereocenters. The maximum Gasteiger partial charge on any atom is 0.304 e. The highest BCUT2D eigenvalue weighted by atomic mass is 79.9. The van der Waals surface area contributed by atoms with Crippen molar-refractivity contribution in [1.82, 2.24) is 4.98 Å². The predicted octanol–water partition coefficient (Wildman–Crippen LogP) is 4.52. The molecule has 1 unspecified atom stereocenters. The zero-order valence-electron chi connectivity index (χ0n) is 14.3. The Bertz CT molecular complexity index is 1120. The van der Waals surface area contributed by atoms with E-state index in [1.807, 2.05) is 6.07 Å². The summed E-state index contributed by atoms with van der Waals surface area (Å²) in [7, 11) is 0. The number of carboxylic acids is 1. The Balaban J connectivity index is 1.74. The average molecular weight is 467 g/mol. The molecule has 1 N–H and O–H groups in total. The number of rotatable bonds is 4. The Hall–Kier alpha value is -2.39. The van der Waals surface area contributed by atoms with E-state index >= 15 is 0 Å². The Morgan fingerprint density at radius 3 is 2.86 bits per heavy atom. The number of thiazole rings is 1. The van der Waals surface area contributed by atoms with Crippen molar-refractivity contribution in [2.45, 2.75) is 19.4 Å². The van der Waals surface area contributed by atoms with Crippen LogP contribution in [0, 0.1) is 17.6 Å². The summed E-state index contributed by atoms with van der Waals surface area (Å²) >= 11 is 4.57. The molecule has 0 saturated heterocycles. The number of hydrogen-bond donors (Lipinski definition) is 1. The number of anilines is 1. The normalized spacial score (nSPS) is 16.5. The number of carbonyl (C=O) groups excluding carboxylic acids is 1. The summed E-state index contributed by atoms with van der Waals surface area (Å²) in [5.74, 6) is -4.05. The number of amides is 1. The maximum absolute atomic E-state index is 14.0. The zero-order valence-corrected chi connectivity index (χ0v) is 16.7. The second kappa shape index (κ2) is 7.21. The third-order valence-corrected chi connectivity index (χ3v) is 6.12. The molecule has 1 amide bonds. The molecule has 0 bridgehead atoms.